The number of rotatable bonds is 6. The smallest absolute Gasteiger partial charge is 0.350 e. The SMILES string of the molecule is C[C@@H](OC(=O)C(C)(C)Oc1ccc(F)cc1)C(=O)Nc1ccc(F)c(F)c1. The van der Waals surface area contributed by atoms with Crippen LogP contribution in [0.5, 0.6) is 5.75 Å². The number of carbonyl (C=O) groups is 2. The highest BCUT2D eigenvalue weighted by Crippen LogP contribution is 2.21. The number of carbonyl (C=O) groups excluding carboxylic acids is 2. The van der Waals surface area contributed by atoms with Crippen LogP contribution in [0.3, 0.4) is 0 Å². The molecule has 2 aromatic carbocycles. The summed E-state index contributed by atoms with van der Waals surface area (Å²) in [6.07, 6.45) is -1.22. The molecule has 1 N–H and O–H groups in total. The fraction of sp³-hybridized carbons (Fsp3) is 0.263. The molecule has 0 unspecified atom stereocenters. The average molecular weight is 381 g/mol. The summed E-state index contributed by atoms with van der Waals surface area (Å²) in [5, 5.41) is 2.32. The van der Waals surface area contributed by atoms with Crippen molar-refractivity contribution in [3.63, 3.8) is 0 Å². The molecule has 0 saturated heterocycles. The summed E-state index contributed by atoms with van der Waals surface area (Å²) >= 11 is 0. The fourth-order valence-electron chi connectivity index (χ4n) is 2.01. The predicted molar refractivity (Wildman–Crippen MR) is 91.6 cm³/mol. The van der Waals surface area contributed by atoms with Crippen LogP contribution in [-0.2, 0) is 14.3 Å². The number of amides is 1. The van der Waals surface area contributed by atoms with Crippen LogP contribution in [0.4, 0.5) is 18.9 Å². The van der Waals surface area contributed by atoms with Gasteiger partial charge < -0.3 is 14.8 Å². The largest absolute Gasteiger partial charge is 0.476 e. The lowest BCUT2D eigenvalue weighted by Crippen LogP contribution is -2.43. The molecule has 0 saturated carbocycles. The van der Waals surface area contributed by atoms with E-state index in [2.05, 4.69) is 5.32 Å². The molecule has 0 aliphatic rings. The molecule has 0 heterocycles. The van der Waals surface area contributed by atoms with Gasteiger partial charge in [0, 0.05) is 11.8 Å². The van der Waals surface area contributed by atoms with Gasteiger partial charge in [0.1, 0.15) is 11.6 Å². The zero-order chi connectivity index (χ0) is 20.2. The van der Waals surface area contributed by atoms with E-state index < -0.39 is 41.0 Å². The molecule has 2 rings (SSSR count). The monoisotopic (exact) mass is 381 g/mol. The molecule has 1 amide bonds. The third kappa shape index (κ3) is 5.47. The molecule has 5 nitrogen and oxygen atoms in total. The second-order valence-electron chi connectivity index (χ2n) is 6.23. The fourth-order valence-corrected chi connectivity index (χ4v) is 2.01. The summed E-state index contributed by atoms with van der Waals surface area (Å²) in [5.41, 5.74) is -1.43. The van der Waals surface area contributed by atoms with E-state index >= 15 is 0 Å². The summed E-state index contributed by atoms with van der Waals surface area (Å²) in [7, 11) is 0. The van der Waals surface area contributed by atoms with E-state index in [1.165, 1.54) is 51.1 Å². The molecule has 0 bridgehead atoms. The van der Waals surface area contributed by atoms with Crippen LogP contribution < -0.4 is 10.1 Å². The normalized spacial score (nSPS) is 12.2. The number of hydrogen-bond donors (Lipinski definition) is 1. The van der Waals surface area contributed by atoms with Gasteiger partial charge in [0.2, 0.25) is 0 Å². The van der Waals surface area contributed by atoms with Gasteiger partial charge in [-0.15, -0.1) is 0 Å². The Morgan fingerprint density at radius 1 is 1.00 bits per heavy atom. The molecule has 27 heavy (non-hydrogen) atoms. The Balaban J connectivity index is 1.96. The number of ether oxygens (including phenoxy) is 2. The van der Waals surface area contributed by atoms with Crippen LogP contribution in [0, 0.1) is 17.5 Å². The van der Waals surface area contributed by atoms with Crippen LogP contribution in [0.15, 0.2) is 42.5 Å². The second kappa shape index (κ2) is 8.11. The quantitative estimate of drug-likeness (QED) is 0.773. The first-order chi connectivity index (χ1) is 12.6. The zero-order valence-electron chi connectivity index (χ0n) is 14.9. The molecule has 0 aromatic heterocycles. The Hall–Kier alpha value is -3.03. The van der Waals surface area contributed by atoms with Crippen molar-refractivity contribution in [2.75, 3.05) is 5.32 Å². The molecule has 8 heteroatoms. The minimum Gasteiger partial charge on any atom is -0.476 e. The van der Waals surface area contributed by atoms with Crippen molar-refractivity contribution in [1.82, 2.24) is 0 Å². The van der Waals surface area contributed by atoms with E-state index in [1.54, 1.807) is 0 Å². The van der Waals surface area contributed by atoms with Gasteiger partial charge in [-0.3, -0.25) is 4.79 Å². The van der Waals surface area contributed by atoms with Crippen molar-refractivity contribution in [3.05, 3.63) is 59.9 Å². The molecule has 0 spiro atoms. The predicted octanol–water partition coefficient (Wildman–Crippen LogP) is 3.83. The third-order valence-corrected chi connectivity index (χ3v) is 3.52. The summed E-state index contributed by atoms with van der Waals surface area (Å²) in [6, 6.07) is 7.90. The highest BCUT2D eigenvalue weighted by Gasteiger charge is 2.34. The summed E-state index contributed by atoms with van der Waals surface area (Å²) < 4.78 is 49.6. The summed E-state index contributed by atoms with van der Waals surface area (Å²) in [4.78, 5) is 24.4. The molecule has 1 atom stereocenters. The number of benzene rings is 2. The van der Waals surface area contributed by atoms with Gasteiger partial charge in [-0.1, -0.05) is 0 Å². The van der Waals surface area contributed by atoms with Gasteiger partial charge in [0.05, 0.1) is 0 Å². The van der Waals surface area contributed by atoms with Crippen molar-refractivity contribution in [3.8, 4) is 5.75 Å². The topological polar surface area (TPSA) is 64.6 Å². The molecule has 0 aliphatic carbocycles. The van der Waals surface area contributed by atoms with E-state index in [9.17, 15) is 22.8 Å². The third-order valence-electron chi connectivity index (χ3n) is 3.52. The van der Waals surface area contributed by atoms with Crippen molar-refractivity contribution in [1.29, 1.82) is 0 Å². The van der Waals surface area contributed by atoms with Gasteiger partial charge in [-0.05, 0) is 57.2 Å². The molecule has 144 valence electrons. The highest BCUT2D eigenvalue weighted by atomic mass is 19.2. The Morgan fingerprint density at radius 2 is 1.63 bits per heavy atom. The zero-order valence-corrected chi connectivity index (χ0v) is 14.9. The van der Waals surface area contributed by atoms with E-state index in [-0.39, 0.29) is 11.4 Å². The van der Waals surface area contributed by atoms with Crippen LogP contribution in [0.25, 0.3) is 0 Å². The van der Waals surface area contributed by atoms with Crippen LogP contribution in [0.1, 0.15) is 20.8 Å². The van der Waals surface area contributed by atoms with Crippen LogP contribution in [-0.4, -0.2) is 23.6 Å². The number of esters is 1. The van der Waals surface area contributed by atoms with Crippen LogP contribution in [0.2, 0.25) is 0 Å². The molecule has 0 aliphatic heterocycles. The molecular formula is C19H18F3NO4. The van der Waals surface area contributed by atoms with Gasteiger partial charge >= 0.3 is 5.97 Å². The number of nitrogens with one attached hydrogen (secondary N) is 1. The van der Waals surface area contributed by atoms with E-state index in [0.717, 1.165) is 12.1 Å². The van der Waals surface area contributed by atoms with Gasteiger partial charge in [-0.2, -0.15) is 0 Å². The standard InChI is InChI=1S/C19H18F3NO4/c1-11(17(24)23-13-6-9-15(21)16(22)10-13)26-18(25)19(2,3)27-14-7-4-12(20)5-8-14/h4-11H,1-3H3,(H,23,24)/t11-/m1/s1. The first-order valence-electron chi connectivity index (χ1n) is 8.00. The lowest BCUT2D eigenvalue weighted by atomic mass is 10.1. The minimum atomic E-state index is -1.45. The number of anilines is 1. The van der Waals surface area contributed by atoms with Crippen LogP contribution >= 0.6 is 0 Å². The first-order valence-corrected chi connectivity index (χ1v) is 8.00. The van der Waals surface area contributed by atoms with Gasteiger partial charge in [0.25, 0.3) is 5.91 Å². The number of halogens is 3. The van der Waals surface area contributed by atoms with Gasteiger partial charge in [-0.25, -0.2) is 18.0 Å². The maximum absolute atomic E-state index is 13.2. The van der Waals surface area contributed by atoms with E-state index in [4.69, 9.17) is 9.47 Å². The Bertz CT molecular complexity index is 837. The van der Waals surface area contributed by atoms with Crippen molar-refractivity contribution >= 4 is 17.6 Å². The second-order valence-corrected chi connectivity index (χ2v) is 6.23. The van der Waals surface area contributed by atoms with Crippen molar-refractivity contribution in [2.45, 2.75) is 32.5 Å². The minimum absolute atomic E-state index is 0.0172. The maximum atomic E-state index is 13.2. The lowest BCUT2D eigenvalue weighted by Gasteiger charge is -2.26. The molecule has 0 fully saturated rings. The summed E-state index contributed by atoms with van der Waals surface area (Å²) in [6.45, 7) is 4.18. The average Bonchev–Trinajstić information content (AvgIpc) is 2.59. The molecule has 0 radical (unpaired) electrons. The Labute approximate surface area is 154 Å². The first kappa shape index (κ1) is 20.3. The Morgan fingerprint density at radius 3 is 2.22 bits per heavy atom. The van der Waals surface area contributed by atoms with Crippen molar-refractivity contribution < 1.29 is 32.2 Å². The maximum Gasteiger partial charge on any atom is 0.350 e. The number of hydrogen-bond acceptors (Lipinski definition) is 4. The molecule has 2 aromatic rings. The van der Waals surface area contributed by atoms with Gasteiger partial charge in [0.15, 0.2) is 23.3 Å². The lowest BCUT2D eigenvalue weighted by molar-refractivity contribution is -0.166. The highest BCUT2D eigenvalue weighted by molar-refractivity contribution is 5.95. The van der Waals surface area contributed by atoms with E-state index in [0.29, 0.717) is 0 Å². The Kier molecular flexibility index (Phi) is 6.09. The van der Waals surface area contributed by atoms with E-state index in [1.807, 2.05) is 0 Å². The summed E-state index contributed by atoms with van der Waals surface area (Å²) in [5.74, 6) is -3.94. The molecular weight excluding hydrogens is 363 g/mol. The van der Waals surface area contributed by atoms with Crippen molar-refractivity contribution in [2.24, 2.45) is 0 Å².